The monoisotopic (exact) mass is 305 g/mol. The first-order valence-electron chi connectivity index (χ1n) is 7.95. The standard InChI is InChI=1S/C16H23N3OS/c1-2-13-16(18-15-12-21-11-14(15)17-13)20-10-6-9-19-7-4-3-5-8-19/h11-12H,2-10H2,1H3. The zero-order valence-electron chi connectivity index (χ0n) is 12.7. The van der Waals surface area contributed by atoms with Gasteiger partial charge < -0.3 is 9.64 Å². The molecule has 1 fully saturated rings. The number of hydrogen-bond donors (Lipinski definition) is 0. The van der Waals surface area contributed by atoms with Gasteiger partial charge in [-0.05, 0) is 38.8 Å². The molecule has 0 unspecified atom stereocenters. The van der Waals surface area contributed by atoms with Gasteiger partial charge in [0.2, 0.25) is 5.88 Å². The average molecular weight is 305 g/mol. The Labute approximate surface area is 130 Å². The minimum atomic E-state index is 0.724. The molecule has 0 saturated carbocycles. The molecule has 1 aliphatic heterocycles. The van der Waals surface area contributed by atoms with Crippen molar-refractivity contribution in [1.29, 1.82) is 0 Å². The fourth-order valence-corrected chi connectivity index (χ4v) is 3.48. The summed E-state index contributed by atoms with van der Waals surface area (Å²) in [5.74, 6) is 0.724. The van der Waals surface area contributed by atoms with Gasteiger partial charge in [0.1, 0.15) is 11.2 Å². The molecule has 0 spiro atoms. The van der Waals surface area contributed by atoms with Gasteiger partial charge in [0.05, 0.1) is 12.1 Å². The minimum Gasteiger partial charge on any atom is -0.476 e. The summed E-state index contributed by atoms with van der Waals surface area (Å²) in [6.07, 6.45) is 6.01. The Hall–Kier alpha value is -1.20. The molecule has 0 atom stereocenters. The summed E-state index contributed by atoms with van der Waals surface area (Å²) >= 11 is 1.64. The molecule has 1 saturated heterocycles. The first kappa shape index (κ1) is 14.7. The van der Waals surface area contributed by atoms with E-state index >= 15 is 0 Å². The summed E-state index contributed by atoms with van der Waals surface area (Å²) in [7, 11) is 0. The van der Waals surface area contributed by atoms with E-state index in [1.807, 2.05) is 10.8 Å². The van der Waals surface area contributed by atoms with Gasteiger partial charge in [-0.15, -0.1) is 11.3 Å². The SMILES string of the molecule is CCc1nc2cscc2nc1OCCCN1CCCCC1. The molecule has 3 rings (SSSR count). The van der Waals surface area contributed by atoms with Crippen LogP contribution >= 0.6 is 11.3 Å². The summed E-state index contributed by atoms with van der Waals surface area (Å²) in [6, 6.07) is 0. The van der Waals surface area contributed by atoms with E-state index < -0.39 is 0 Å². The Morgan fingerprint density at radius 3 is 2.67 bits per heavy atom. The Balaban J connectivity index is 1.54. The number of aromatic nitrogens is 2. The maximum Gasteiger partial charge on any atom is 0.236 e. The van der Waals surface area contributed by atoms with Crippen LogP contribution in [0.5, 0.6) is 5.88 Å². The molecule has 5 heteroatoms. The highest BCUT2D eigenvalue weighted by molar-refractivity contribution is 7.09. The molecule has 114 valence electrons. The fraction of sp³-hybridized carbons (Fsp3) is 0.625. The summed E-state index contributed by atoms with van der Waals surface area (Å²) in [4.78, 5) is 11.8. The third-order valence-corrected chi connectivity index (χ3v) is 4.71. The number of nitrogens with zero attached hydrogens (tertiary/aromatic N) is 3. The lowest BCUT2D eigenvalue weighted by Crippen LogP contribution is -2.31. The second-order valence-corrected chi connectivity index (χ2v) is 6.32. The van der Waals surface area contributed by atoms with E-state index in [-0.39, 0.29) is 0 Å². The summed E-state index contributed by atoms with van der Waals surface area (Å²) in [6.45, 7) is 6.47. The molecule has 1 aliphatic rings. The van der Waals surface area contributed by atoms with E-state index in [9.17, 15) is 0 Å². The normalized spacial score (nSPS) is 16.4. The fourth-order valence-electron chi connectivity index (χ4n) is 2.80. The Morgan fingerprint density at radius 1 is 1.14 bits per heavy atom. The molecule has 2 aromatic heterocycles. The molecular formula is C16H23N3OS. The molecule has 2 aromatic rings. The molecular weight excluding hydrogens is 282 g/mol. The maximum absolute atomic E-state index is 5.90. The number of piperidine rings is 1. The van der Waals surface area contributed by atoms with Crippen LogP contribution < -0.4 is 4.74 Å². The van der Waals surface area contributed by atoms with Crippen molar-refractivity contribution in [2.75, 3.05) is 26.2 Å². The van der Waals surface area contributed by atoms with Crippen LogP contribution in [0.25, 0.3) is 11.0 Å². The number of hydrogen-bond acceptors (Lipinski definition) is 5. The van der Waals surface area contributed by atoms with Gasteiger partial charge in [-0.1, -0.05) is 13.3 Å². The smallest absolute Gasteiger partial charge is 0.236 e. The third-order valence-electron chi connectivity index (χ3n) is 3.99. The second-order valence-electron chi connectivity index (χ2n) is 5.58. The third kappa shape index (κ3) is 3.71. The van der Waals surface area contributed by atoms with Crippen molar-refractivity contribution in [3.05, 3.63) is 16.5 Å². The van der Waals surface area contributed by atoms with Gasteiger partial charge in [-0.2, -0.15) is 0 Å². The van der Waals surface area contributed by atoms with Gasteiger partial charge in [-0.3, -0.25) is 0 Å². The Kier molecular flexibility index (Phi) is 5.04. The Morgan fingerprint density at radius 2 is 1.90 bits per heavy atom. The molecule has 4 nitrogen and oxygen atoms in total. The zero-order chi connectivity index (χ0) is 14.5. The van der Waals surface area contributed by atoms with Crippen LogP contribution in [-0.4, -0.2) is 41.1 Å². The second kappa shape index (κ2) is 7.18. The summed E-state index contributed by atoms with van der Waals surface area (Å²) in [5.41, 5.74) is 2.90. The van der Waals surface area contributed by atoms with Gasteiger partial charge in [0.15, 0.2) is 0 Å². The number of likely N-dealkylation sites (tertiary alicyclic amines) is 1. The average Bonchev–Trinajstić information content (AvgIpc) is 2.99. The highest BCUT2D eigenvalue weighted by Gasteiger charge is 2.11. The largest absolute Gasteiger partial charge is 0.476 e. The lowest BCUT2D eigenvalue weighted by Gasteiger charge is -2.26. The molecule has 0 aliphatic carbocycles. The van der Waals surface area contributed by atoms with Crippen molar-refractivity contribution in [2.24, 2.45) is 0 Å². The van der Waals surface area contributed by atoms with Gasteiger partial charge in [-0.25, -0.2) is 9.97 Å². The van der Waals surface area contributed by atoms with Crippen molar-refractivity contribution in [3.63, 3.8) is 0 Å². The van der Waals surface area contributed by atoms with Crippen LogP contribution in [0.4, 0.5) is 0 Å². The number of fused-ring (bicyclic) bond motifs is 1. The molecule has 0 aromatic carbocycles. The Bertz CT molecular complexity index is 578. The van der Waals surface area contributed by atoms with Crippen LogP contribution in [0.15, 0.2) is 10.8 Å². The first-order chi connectivity index (χ1) is 10.4. The van der Waals surface area contributed by atoms with Crippen molar-refractivity contribution in [1.82, 2.24) is 14.9 Å². The van der Waals surface area contributed by atoms with Crippen LogP contribution in [0.3, 0.4) is 0 Å². The van der Waals surface area contributed by atoms with E-state index in [1.54, 1.807) is 11.3 Å². The molecule has 0 N–H and O–H groups in total. The van der Waals surface area contributed by atoms with E-state index in [1.165, 1.54) is 32.4 Å². The highest BCUT2D eigenvalue weighted by Crippen LogP contribution is 2.22. The minimum absolute atomic E-state index is 0.724. The van der Waals surface area contributed by atoms with Crippen LogP contribution in [0, 0.1) is 0 Å². The van der Waals surface area contributed by atoms with Gasteiger partial charge in [0, 0.05) is 17.3 Å². The first-order valence-corrected chi connectivity index (χ1v) is 8.89. The van der Waals surface area contributed by atoms with Gasteiger partial charge >= 0.3 is 0 Å². The lowest BCUT2D eigenvalue weighted by atomic mass is 10.1. The van der Waals surface area contributed by atoms with E-state index in [0.29, 0.717) is 0 Å². The maximum atomic E-state index is 5.90. The van der Waals surface area contributed by atoms with Crippen molar-refractivity contribution in [2.45, 2.75) is 39.0 Å². The van der Waals surface area contributed by atoms with Crippen molar-refractivity contribution in [3.8, 4) is 5.88 Å². The van der Waals surface area contributed by atoms with E-state index in [2.05, 4.69) is 21.8 Å². The van der Waals surface area contributed by atoms with E-state index in [0.717, 1.165) is 48.6 Å². The quantitative estimate of drug-likeness (QED) is 0.766. The van der Waals surface area contributed by atoms with Crippen LogP contribution in [-0.2, 0) is 6.42 Å². The molecule has 0 bridgehead atoms. The number of aryl methyl sites for hydroxylation is 1. The van der Waals surface area contributed by atoms with Crippen LogP contribution in [0.2, 0.25) is 0 Å². The number of rotatable bonds is 6. The molecule has 0 radical (unpaired) electrons. The lowest BCUT2D eigenvalue weighted by molar-refractivity contribution is 0.202. The molecule has 0 amide bonds. The van der Waals surface area contributed by atoms with E-state index in [4.69, 9.17) is 4.74 Å². The zero-order valence-corrected chi connectivity index (χ0v) is 13.5. The number of thiophene rings is 1. The summed E-state index contributed by atoms with van der Waals surface area (Å²) in [5, 5.41) is 4.07. The van der Waals surface area contributed by atoms with Crippen LogP contribution in [0.1, 0.15) is 38.3 Å². The summed E-state index contributed by atoms with van der Waals surface area (Å²) < 4.78 is 5.90. The topological polar surface area (TPSA) is 38.3 Å². The highest BCUT2D eigenvalue weighted by atomic mass is 32.1. The van der Waals surface area contributed by atoms with Crippen molar-refractivity contribution < 1.29 is 4.74 Å². The van der Waals surface area contributed by atoms with Gasteiger partial charge in [0.25, 0.3) is 0 Å². The molecule has 21 heavy (non-hydrogen) atoms. The predicted molar refractivity (Wildman–Crippen MR) is 87.2 cm³/mol. The number of ether oxygens (including phenoxy) is 1. The van der Waals surface area contributed by atoms with Crippen molar-refractivity contribution >= 4 is 22.4 Å². The molecule has 3 heterocycles. The predicted octanol–water partition coefficient (Wildman–Crippen LogP) is 3.51.